The van der Waals surface area contributed by atoms with Crippen LogP contribution in [0.2, 0.25) is 0 Å². The molecule has 0 saturated carbocycles. The second kappa shape index (κ2) is 5.39. The van der Waals surface area contributed by atoms with Crippen molar-refractivity contribution in [3.8, 4) is 0 Å². The van der Waals surface area contributed by atoms with Gasteiger partial charge in [-0.05, 0) is 6.92 Å². The molecule has 1 unspecified atom stereocenters. The molecular weight excluding hydrogens is 280 g/mol. The Morgan fingerprint density at radius 3 is 2.55 bits per heavy atom. The van der Waals surface area contributed by atoms with Gasteiger partial charge in [0, 0.05) is 33.7 Å². The molecule has 2 heterocycles. The molecule has 1 aliphatic heterocycles. The summed E-state index contributed by atoms with van der Waals surface area (Å²) in [6, 6.07) is -0.143. The summed E-state index contributed by atoms with van der Waals surface area (Å²) in [5.74, 6) is 1.79. The highest BCUT2D eigenvalue weighted by Crippen LogP contribution is 2.20. The minimum absolute atomic E-state index is 0.130. The minimum atomic E-state index is -2.95. The fraction of sp³-hybridized carbons (Fsp3) is 0.727. The van der Waals surface area contributed by atoms with Gasteiger partial charge in [0.05, 0.1) is 11.5 Å². The molecule has 0 radical (unpaired) electrons. The van der Waals surface area contributed by atoms with Crippen molar-refractivity contribution in [2.24, 2.45) is 0 Å². The first-order valence-corrected chi connectivity index (χ1v) is 8.23. The van der Waals surface area contributed by atoms with Crippen molar-refractivity contribution in [1.29, 1.82) is 0 Å². The predicted octanol–water partition coefficient (Wildman–Crippen LogP) is -0.397. The maximum Gasteiger partial charge on any atom is 0.232 e. The average molecular weight is 300 g/mol. The molecule has 0 spiro atoms. The van der Waals surface area contributed by atoms with Gasteiger partial charge in [-0.1, -0.05) is 0 Å². The third-order valence-corrected chi connectivity index (χ3v) is 4.96. The smallest absolute Gasteiger partial charge is 0.232 e. The van der Waals surface area contributed by atoms with E-state index in [-0.39, 0.29) is 17.5 Å². The van der Waals surface area contributed by atoms with Gasteiger partial charge in [0.25, 0.3) is 0 Å². The monoisotopic (exact) mass is 300 g/mol. The Bertz CT molecular complexity index is 589. The van der Waals surface area contributed by atoms with Gasteiger partial charge in [0.15, 0.2) is 9.84 Å². The van der Waals surface area contributed by atoms with Crippen molar-refractivity contribution in [1.82, 2.24) is 15.0 Å². The number of hydrogen-bond acceptors (Lipinski definition) is 8. The molecular formula is C11H20N6O2S. The zero-order chi connectivity index (χ0) is 14.9. The van der Waals surface area contributed by atoms with E-state index < -0.39 is 9.84 Å². The predicted molar refractivity (Wildman–Crippen MR) is 79.2 cm³/mol. The largest absolute Gasteiger partial charge is 0.357 e. The van der Waals surface area contributed by atoms with Crippen molar-refractivity contribution >= 4 is 27.7 Å². The second-order valence-electron chi connectivity index (χ2n) is 5.06. The normalized spacial score (nSPS) is 21.6. The highest BCUT2D eigenvalue weighted by Gasteiger charge is 2.30. The van der Waals surface area contributed by atoms with E-state index in [1.807, 2.05) is 25.9 Å². The van der Waals surface area contributed by atoms with Crippen molar-refractivity contribution < 1.29 is 8.42 Å². The van der Waals surface area contributed by atoms with Gasteiger partial charge < -0.3 is 15.1 Å². The fourth-order valence-corrected chi connectivity index (χ4v) is 3.65. The summed E-state index contributed by atoms with van der Waals surface area (Å²) in [5, 5.41) is 2.90. The molecule has 1 aromatic heterocycles. The van der Waals surface area contributed by atoms with Crippen molar-refractivity contribution in [2.45, 2.75) is 13.0 Å². The van der Waals surface area contributed by atoms with Crippen LogP contribution in [0.15, 0.2) is 0 Å². The molecule has 8 nitrogen and oxygen atoms in total. The summed E-state index contributed by atoms with van der Waals surface area (Å²) in [6.45, 7) is 2.28. The number of nitrogens with zero attached hydrogens (tertiary/aromatic N) is 5. The molecule has 1 aromatic rings. The van der Waals surface area contributed by atoms with E-state index in [4.69, 9.17) is 0 Å². The second-order valence-corrected chi connectivity index (χ2v) is 7.29. The van der Waals surface area contributed by atoms with Gasteiger partial charge in [-0.2, -0.15) is 15.0 Å². The number of nitrogens with one attached hydrogen (secondary N) is 1. The molecule has 2 rings (SSSR count). The third kappa shape index (κ3) is 3.09. The first kappa shape index (κ1) is 14.8. The molecule has 0 aromatic carbocycles. The van der Waals surface area contributed by atoms with Crippen LogP contribution in [0.3, 0.4) is 0 Å². The summed E-state index contributed by atoms with van der Waals surface area (Å²) in [4.78, 5) is 16.7. The zero-order valence-corrected chi connectivity index (χ0v) is 13.0. The summed E-state index contributed by atoms with van der Waals surface area (Å²) in [5.41, 5.74) is 0. The van der Waals surface area contributed by atoms with E-state index >= 15 is 0 Å². The Labute approximate surface area is 119 Å². The van der Waals surface area contributed by atoms with Crippen LogP contribution in [0.1, 0.15) is 6.92 Å². The zero-order valence-electron chi connectivity index (χ0n) is 12.2. The molecule has 0 amide bonds. The first-order valence-electron chi connectivity index (χ1n) is 6.40. The standard InChI is InChI=1S/C11H20N6O2S/c1-8-7-20(18,19)6-5-17(8)11-14-9(12-2)13-10(15-11)16(3)4/h8H,5-7H2,1-4H3,(H,12,13,14,15). The van der Waals surface area contributed by atoms with E-state index in [1.165, 1.54) is 0 Å². The molecule has 1 fully saturated rings. The van der Waals surface area contributed by atoms with Gasteiger partial charge in [0.1, 0.15) is 0 Å². The van der Waals surface area contributed by atoms with E-state index in [0.717, 1.165) is 0 Å². The van der Waals surface area contributed by atoms with E-state index in [0.29, 0.717) is 24.4 Å². The van der Waals surface area contributed by atoms with Crippen LogP contribution in [0.4, 0.5) is 17.8 Å². The summed E-state index contributed by atoms with van der Waals surface area (Å²) >= 11 is 0. The maximum atomic E-state index is 11.6. The molecule has 112 valence electrons. The van der Waals surface area contributed by atoms with Crippen LogP contribution in [0.25, 0.3) is 0 Å². The number of hydrogen-bond donors (Lipinski definition) is 1. The summed E-state index contributed by atoms with van der Waals surface area (Å²) < 4.78 is 23.3. The lowest BCUT2D eigenvalue weighted by Crippen LogP contribution is -2.47. The quantitative estimate of drug-likeness (QED) is 0.806. The van der Waals surface area contributed by atoms with Gasteiger partial charge in [-0.25, -0.2) is 8.42 Å². The van der Waals surface area contributed by atoms with Crippen LogP contribution in [-0.2, 0) is 9.84 Å². The van der Waals surface area contributed by atoms with E-state index in [2.05, 4.69) is 20.3 Å². The van der Waals surface area contributed by atoms with Crippen LogP contribution < -0.4 is 15.1 Å². The van der Waals surface area contributed by atoms with E-state index in [9.17, 15) is 8.42 Å². The summed E-state index contributed by atoms with van der Waals surface area (Å²) in [6.07, 6.45) is 0. The maximum absolute atomic E-state index is 11.6. The van der Waals surface area contributed by atoms with Crippen molar-refractivity contribution in [3.05, 3.63) is 0 Å². The SMILES string of the molecule is CNc1nc(N(C)C)nc(N2CCS(=O)(=O)CC2C)n1. The topological polar surface area (TPSA) is 91.3 Å². The van der Waals surface area contributed by atoms with Gasteiger partial charge in [0.2, 0.25) is 17.8 Å². The van der Waals surface area contributed by atoms with Gasteiger partial charge >= 0.3 is 0 Å². The molecule has 0 bridgehead atoms. The lowest BCUT2D eigenvalue weighted by molar-refractivity contribution is 0.564. The Hall–Kier alpha value is -1.64. The number of sulfone groups is 1. The third-order valence-electron chi connectivity index (χ3n) is 3.16. The highest BCUT2D eigenvalue weighted by molar-refractivity contribution is 7.91. The highest BCUT2D eigenvalue weighted by atomic mass is 32.2. The van der Waals surface area contributed by atoms with Gasteiger partial charge in [-0.15, -0.1) is 0 Å². The Morgan fingerprint density at radius 1 is 1.30 bits per heavy atom. The van der Waals surface area contributed by atoms with Crippen LogP contribution in [-0.4, -0.2) is 68.6 Å². The average Bonchev–Trinajstić information content (AvgIpc) is 2.37. The molecule has 1 atom stereocenters. The minimum Gasteiger partial charge on any atom is -0.357 e. The summed E-state index contributed by atoms with van der Waals surface area (Å²) in [7, 11) is 2.48. The first-order chi connectivity index (χ1) is 9.32. The molecule has 1 N–H and O–H groups in total. The van der Waals surface area contributed by atoms with Crippen molar-refractivity contribution in [2.75, 3.05) is 54.3 Å². The van der Waals surface area contributed by atoms with Crippen LogP contribution >= 0.6 is 0 Å². The molecule has 20 heavy (non-hydrogen) atoms. The lowest BCUT2D eigenvalue weighted by Gasteiger charge is -2.33. The fourth-order valence-electron chi connectivity index (χ4n) is 2.09. The lowest BCUT2D eigenvalue weighted by atomic mass is 10.3. The molecule has 1 aliphatic rings. The number of aromatic nitrogens is 3. The molecule has 9 heteroatoms. The Morgan fingerprint density at radius 2 is 2.00 bits per heavy atom. The number of anilines is 3. The molecule has 1 saturated heterocycles. The van der Waals surface area contributed by atoms with Crippen LogP contribution in [0.5, 0.6) is 0 Å². The van der Waals surface area contributed by atoms with Crippen LogP contribution in [0, 0.1) is 0 Å². The molecule has 0 aliphatic carbocycles. The van der Waals surface area contributed by atoms with E-state index in [1.54, 1.807) is 11.9 Å². The Balaban J connectivity index is 2.35. The number of rotatable bonds is 3. The Kier molecular flexibility index (Phi) is 3.98. The van der Waals surface area contributed by atoms with Crippen molar-refractivity contribution in [3.63, 3.8) is 0 Å². The van der Waals surface area contributed by atoms with Gasteiger partial charge in [-0.3, -0.25) is 0 Å².